The van der Waals surface area contributed by atoms with Crippen molar-refractivity contribution in [3.05, 3.63) is 29.3 Å². The van der Waals surface area contributed by atoms with Gasteiger partial charge in [-0.2, -0.15) is 0 Å². The molecular weight excluding hydrogens is 378 g/mol. The SMILES string of the molecule is CC(=O)OC[C@@H]1C[C@H](OC(C)=O)[C@@H](OC(C)=O)[C@H](N2CCc3c(C)cccc32)O1. The van der Waals surface area contributed by atoms with Gasteiger partial charge >= 0.3 is 17.9 Å². The molecule has 2 aliphatic rings. The van der Waals surface area contributed by atoms with Crippen LogP contribution in [0.4, 0.5) is 5.69 Å². The van der Waals surface area contributed by atoms with Crippen LogP contribution in [0.2, 0.25) is 0 Å². The standard InChI is InChI=1S/C21H27NO7/c1-12-6-5-7-18-17(12)8-9-22(18)21-20(28-15(4)25)19(27-14(3)24)10-16(29-21)11-26-13(2)23/h5-7,16,19-21H,8-11H2,1-4H3/t16-,19-,20+,21+/m0/s1. The number of ether oxygens (including phenoxy) is 4. The molecular formula is C21H27NO7. The van der Waals surface area contributed by atoms with E-state index in [1.54, 1.807) is 0 Å². The van der Waals surface area contributed by atoms with Gasteiger partial charge in [-0.1, -0.05) is 12.1 Å². The van der Waals surface area contributed by atoms with Gasteiger partial charge in [0.05, 0.1) is 6.10 Å². The molecule has 0 saturated carbocycles. The fraction of sp³-hybridized carbons (Fsp3) is 0.571. The summed E-state index contributed by atoms with van der Waals surface area (Å²) in [4.78, 5) is 36.8. The first kappa shape index (κ1) is 21.1. The van der Waals surface area contributed by atoms with Crippen LogP contribution < -0.4 is 4.90 Å². The second kappa shape index (κ2) is 8.82. The number of hydrogen-bond donors (Lipinski definition) is 0. The van der Waals surface area contributed by atoms with Crippen LogP contribution in [0.1, 0.15) is 38.3 Å². The maximum Gasteiger partial charge on any atom is 0.303 e. The van der Waals surface area contributed by atoms with Gasteiger partial charge in [-0.15, -0.1) is 0 Å². The molecule has 0 aromatic heterocycles. The molecule has 0 N–H and O–H groups in total. The summed E-state index contributed by atoms with van der Waals surface area (Å²) >= 11 is 0. The molecule has 1 fully saturated rings. The van der Waals surface area contributed by atoms with Crippen LogP contribution in [0.15, 0.2) is 18.2 Å². The Morgan fingerprint density at radius 3 is 2.48 bits per heavy atom. The van der Waals surface area contributed by atoms with E-state index in [2.05, 4.69) is 13.0 Å². The highest BCUT2D eigenvalue weighted by molar-refractivity contribution is 5.68. The normalized spacial score (nSPS) is 25.9. The molecule has 29 heavy (non-hydrogen) atoms. The lowest BCUT2D eigenvalue weighted by molar-refractivity contribution is -0.212. The predicted molar refractivity (Wildman–Crippen MR) is 103 cm³/mol. The van der Waals surface area contributed by atoms with Crippen molar-refractivity contribution in [2.45, 2.75) is 65.1 Å². The number of fused-ring (bicyclic) bond motifs is 1. The number of anilines is 1. The maximum absolute atomic E-state index is 11.8. The zero-order chi connectivity index (χ0) is 21.1. The summed E-state index contributed by atoms with van der Waals surface area (Å²) in [6.07, 6.45) is -1.56. The molecule has 158 valence electrons. The first-order chi connectivity index (χ1) is 13.8. The van der Waals surface area contributed by atoms with Gasteiger partial charge in [-0.3, -0.25) is 14.4 Å². The van der Waals surface area contributed by atoms with Gasteiger partial charge < -0.3 is 23.8 Å². The van der Waals surface area contributed by atoms with Crippen LogP contribution in [0.5, 0.6) is 0 Å². The third-order valence-electron chi connectivity index (χ3n) is 5.17. The quantitative estimate of drug-likeness (QED) is 0.542. The number of rotatable bonds is 5. The van der Waals surface area contributed by atoms with E-state index in [-0.39, 0.29) is 13.0 Å². The van der Waals surface area contributed by atoms with Crippen LogP contribution >= 0.6 is 0 Å². The number of carbonyl (C=O) groups is 3. The molecule has 4 atom stereocenters. The molecule has 0 spiro atoms. The lowest BCUT2D eigenvalue weighted by Gasteiger charge is -2.44. The fourth-order valence-electron chi connectivity index (χ4n) is 4.03. The van der Waals surface area contributed by atoms with Crippen LogP contribution in [0, 0.1) is 6.92 Å². The van der Waals surface area contributed by atoms with Crippen molar-refractivity contribution in [3.8, 4) is 0 Å². The number of nitrogens with zero attached hydrogens (tertiary/aromatic N) is 1. The molecule has 0 aliphatic carbocycles. The summed E-state index contributed by atoms with van der Waals surface area (Å²) < 4.78 is 22.4. The number of aryl methyl sites for hydroxylation is 1. The summed E-state index contributed by atoms with van der Waals surface area (Å²) in [6, 6.07) is 6.02. The molecule has 8 heteroatoms. The highest BCUT2D eigenvalue weighted by Gasteiger charge is 2.47. The van der Waals surface area contributed by atoms with Crippen molar-refractivity contribution < 1.29 is 33.3 Å². The van der Waals surface area contributed by atoms with Crippen LogP contribution in [-0.2, 0) is 39.8 Å². The van der Waals surface area contributed by atoms with Crippen molar-refractivity contribution in [3.63, 3.8) is 0 Å². The highest BCUT2D eigenvalue weighted by Crippen LogP contribution is 2.37. The largest absolute Gasteiger partial charge is 0.463 e. The van der Waals surface area contributed by atoms with Gasteiger partial charge in [0.1, 0.15) is 12.7 Å². The smallest absolute Gasteiger partial charge is 0.303 e. The number of esters is 3. The molecule has 0 bridgehead atoms. The van der Waals surface area contributed by atoms with Crippen molar-refractivity contribution in [1.82, 2.24) is 0 Å². The maximum atomic E-state index is 11.8. The summed E-state index contributed by atoms with van der Waals surface area (Å²) in [5.74, 6) is -1.38. The lowest BCUT2D eigenvalue weighted by Crippen LogP contribution is -2.59. The van der Waals surface area contributed by atoms with Crippen LogP contribution in [-0.4, -0.2) is 55.6 Å². The summed E-state index contributed by atoms with van der Waals surface area (Å²) in [5, 5.41) is 0. The number of benzene rings is 1. The zero-order valence-corrected chi connectivity index (χ0v) is 17.2. The molecule has 0 amide bonds. The second-order valence-electron chi connectivity index (χ2n) is 7.42. The first-order valence-corrected chi connectivity index (χ1v) is 9.74. The lowest BCUT2D eigenvalue weighted by atomic mass is 10.00. The Hall–Kier alpha value is -2.61. The Kier molecular flexibility index (Phi) is 6.42. The van der Waals surface area contributed by atoms with E-state index in [1.165, 1.54) is 31.9 Å². The van der Waals surface area contributed by atoms with E-state index in [0.29, 0.717) is 6.54 Å². The molecule has 8 nitrogen and oxygen atoms in total. The predicted octanol–water partition coefficient (Wildman–Crippen LogP) is 1.90. The molecule has 1 aromatic carbocycles. The summed E-state index contributed by atoms with van der Waals surface area (Å²) in [5.41, 5.74) is 3.39. The number of carbonyl (C=O) groups excluding carboxylic acids is 3. The molecule has 1 saturated heterocycles. The van der Waals surface area contributed by atoms with E-state index in [1.807, 2.05) is 17.0 Å². The molecule has 2 heterocycles. The molecule has 3 rings (SSSR count). The van der Waals surface area contributed by atoms with Crippen molar-refractivity contribution in [2.75, 3.05) is 18.1 Å². The Labute approximate surface area is 170 Å². The van der Waals surface area contributed by atoms with E-state index < -0.39 is 42.4 Å². The van der Waals surface area contributed by atoms with E-state index >= 15 is 0 Å². The Balaban J connectivity index is 1.93. The second-order valence-corrected chi connectivity index (χ2v) is 7.42. The first-order valence-electron chi connectivity index (χ1n) is 9.74. The van der Waals surface area contributed by atoms with Crippen molar-refractivity contribution in [1.29, 1.82) is 0 Å². The monoisotopic (exact) mass is 405 g/mol. The average Bonchev–Trinajstić information content (AvgIpc) is 3.06. The fourth-order valence-corrected chi connectivity index (χ4v) is 4.03. The van der Waals surface area contributed by atoms with E-state index in [4.69, 9.17) is 18.9 Å². The van der Waals surface area contributed by atoms with Gasteiger partial charge in [-0.05, 0) is 30.5 Å². The minimum absolute atomic E-state index is 0.0326. The van der Waals surface area contributed by atoms with Crippen LogP contribution in [0.25, 0.3) is 0 Å². The Morgan fingerprint density at radius 1 is 1.10 bits per heavy atom. The third kappa shape index (κ3) is 4.87. The highest BCUT2D eigenvalue weighted by atomic mass is 16.6. The summed E-state index contributed by atoms with van der Waals surface area (Å²) in [6.45, 7) is 6.71. The topological polar surface area (TPSA) is 91.4 Å². The summed E-state index contributed by atoms with van der Waals surface area (Å²) in [7, 11) is 0. The van der Waals surface area contributed by atoms with Gasteiger partial charge in [0, 0.05) is 39.4 Å². The van der Waals surface area contributed by atoms with Gasteiger partial charge in [0.2, 0.25) is 0 Å². The molecule has 1 aromatic rings. The van der Waals surface area contributed by atoms with Crippen molar-refractivity contribution >= 4 is 23.6 Å². The van der Waals surface area contributed by atoms with Gasteiger partial charge in [0.25, 0.3) is 0 Å². The zero-order valence-electron chi connectivity index (χ0n) is 17.2. The Bertz CT molecular complexity index is 793. The van der Waals surface area contributed by atoms with Crippen LogP contribution in [0.3, 0.4) is 0 Å². The van der Waals surface area contributed by atoms with Gasteiger partial charge in [0.15, 0.2) is 12.3 Å². The van der Waals surface area contributed by atoms with E-state index in [9.17, 15) is 14.4 Å². The van der Waals surface area contributed by atoms with Crippen molar-refractivity contribution in [2.24, 2.45) is 0 Å². The minimum Gasteiger partial charge on any atom is -0.463 e. The molecule has 2 aliphatic heterocycles. The number of hydrogen-bond acceptors (Lipinski definition) is 8. The molecule has 0 radical (unpaired) electrons. The molecule has 0 unspecified atom stereocenters. The van der Waals surface area contributed by atoms with Gasteiger partial charge in [-0.25, -0.2) is 0 Å². The van der Waals surface area contributed by atoms with E-state index in [0.717, 1.165) is 12.1 Å². The average molecular weight is 405 g/mol. The third-order valence-corrected chi connectivity index (χ3v) is 5.17. The minimum atomic E-state index is -0.795. The Morgan fingerprint density at radius 2 is 1.83 bits per heavy atom.